The van der Waals surface area contributed by atoms with Crippen LogP contribution in [0.15, 0.2) is 60.2 Å². The fourth-order valence-electron chi connectivity index (χ4n) is 2.64. The van der Waals surface area contributed by atoms with Crippen LogP contribution in [0.2, 0.25) is 0 Å². The third-order valence-corrected chi connectivity index (χ3v) is 4.60. The van der Waals surface area contributed by atoms with Gasteiger partial charge in [-0.05, 0) is 48.6 Å². The molecule has 2 aromatic rings. The first-order valence-corrected chi connectivity index (χ1v) is 10.9. The maximum Gasteiger partial charge on any atom is 0.247 e. The third kappa shape index (κ3) is 7.66. The molecule has 0 spiro atoms. The summed E-state index contributed by atoms with van der Waals surface area (Å²) in [5.41, 5.74) is 3.43. The van der Waals surface area contributed by atoms with Crippen LogP contribution in [0, 0.1) is 0 Å². The van der Waals surface area contributed by atoms with Crippen molar-refractivity contribution >= 4 is 27.7 Å². The summed E-state index contributed by atoms with van der Waals surface area (Å²) in [6.07, 6.45) is 5.34. The van der Waals surface area contributed by atoms with E-state index in [0.717, 1.165) is 35.8 Å². The van der Waals surface area contributed by atoms with Gasteiger partial charge in [0, 0.05) is 17.8 Å². The van der Waals surface area contributed by atoms with E-state index in [1.54, 1.807) is 12.1 Å². The molecule has 0 aliphatic carbocycles. The Hall–Kier alpha value is -2.60. The molecule has 0 radical (unpaired) electrons. The summed E-state index contributed by atoms with van der Waals surface area (Å²) in [5, 5.41) is 2.97. The van der Waals surface area contributed by atoms with E-state index >= 15 is 0 Å². The van der Waals surface area contributed by atoms with E-state index in [9.17, 15) is 13.2 Å². The van der Waals surface area contributed by atoms with Gasteiger partial charge in [-0.1, -0.05) is 49.4 Å². The minimum Gasteiger partial charge on any atom is -0.352 e. The molecule has 0 fully saturated rings. The SMILES string of the molecule is CC/C(=C\c1ccccc1)C(=O)NCCCc1ccc(NS(C)(=O)=O)cc1. The normalized spacial score (nSPS) is 11.9. The van der Waals surface area contributed by atoms with Crippen LogP contribution in [0.25, 0.3) is 6.08 Å². The van der Waals surface area contributed by atoms with Crippen molar-refractivity contribution in [3.8, 4) is 0 Å². The van der Waals surface area contributed by atoms with Gasteiger partial charge in [-0.2, -0.15) is 0 Å². The smallest absolute Gasteiger partial charge is 0.247 e. The highest BCUT2D eigenvalue weighted by Crippen LogP contribution is 2.12. The molecular weight excluding hydrogens is 360 g/mol. The summed E-state index contributed by atoms with van der Waals surface area (Å²) < 4.78 is 24.8. The summed E-state index contributed by atoms with van der Waals surface area (Å²) in [6, 6.07) is 17.1. The highest BCUT2D eigenvalue weighted by atomic mass is 32.2. The van der Waals surface area contributed by atoms with Gasteiger partial charge in [0.15, 0.2) is 0 Å². The molecule has 0 atom stereocenters. The van der Waals surface area contributed by atoms with E-state index in [1.165, 1.54) is 0 Å². The van der Waals surface area contributed by atoms with Crippen molar-refractivity contribution < 1.29 is 13.2 Å². The lowest BCUT2D eigenvalue weighted by molar-refractivity contribution is -0.117. The lowest BCUT2D eigenvalue weighted by Crippen LogP contribution is -2.26. The van der Waals surface area contributed by atoms with Crippen LogP contribution in [0.3, 0.4) is 0 Å². The Kier molecular flexibility index (Phi) is 7.61. The maximum atomic E-state index is 12.3. The lowest BCUT2D eigenvalue weighted by Gasteiger charge is -2.08. The molecule has 27 heavy (non-hydrogen) atoms. The molecule has 5 nitrogen and oxygen atoms in total. The number of benzene rings is 2. The zero-order chi connectivity index (χ0) is 19.7. The first-order valence-electron chi connectivity index (χ1n) is 8.98. The number of carbonyl (C=O) groups excluding carboxylic acids is 1. The number of anilines is 1. The van der Waals surface area contributed by atoms with Crippen LogP contribution in [-0.4, -0.2) is 27.1 Å². The van der Waals surface area contributed by atoms with Crippen molar-refractivity contribution in [2.45, 2.75) is 26.2 Å². The zero-order valence-electron chi connectivity index (χ0n) is 15.7. The van der Waals surface area contributed by atoms with Gasteiger partial charge in [0.1, 0.15) is 0 Å². The van der Waals surface area contributed by atoms with Gasteiger partial charge >= 0.3 is 0 Å². The molecule has 0 bridgehead atoms. The second-order valence-electron chi connectivity index (χ2n) is 6.36. The number of rotatable bonds is 9. The Balaban J connectivity index is 1.80. The Morgan fingerprint density at radius 1 is 1.04 bits per heavy atom. The fraction of sp³-hybridized carbons (Fsp3) is 0.286. The number of hydrogen-bond acceptors (Lipinski definition) is 3. The van der Waals surface area contributed by atoms with Crippen LogP contribution in [0.1, 0.15) is 30.9 Å². The van der Waals surface area contributed by atoms with Gasteiger partial charge < -0.3 is 5.32 Å². The first kappa shape index (κ1) is 20.7. The Bertz CT molecular complexity index is 873. The van der Waals surface area contributed by atoms with Gasteiger partial charge in [-0.15, -0.1) is 0 Å². The maximum absolute atomic E-state index is 12.3. The highest BCUT2D eigenvalue weighted by molar-refractivity contribution is 7.92. The van der Waals surface area contributed by atoms with E-state index in [-0.39, 0.29) is 5.91 Å². The summed E-state index contributed by atoms with van der Waals surface area (Å²) >= 11 is 0. The van der Waals surface area contributed by atoms with Crippen LogP contribution in [0.5, 0.6) is 0 Å². The Labute approximate surface area is 161 Å². The number of aryl methyl sites for hydroxylation is 1. The predicted molar refractivity (Wildman–Crippen MR) is 111 cm³/mol. The third-order valence-electron chi connectivity index (χ3n) is 4.00. The minimum atomic E-state index is -3.26. The number of sulfonamides is 1. The molecule has 0 aliphatic rings. The van der Waals surface area contributed by atoms with E-state index in [4.69, 9.17) is 0 Å². The van der Waals surface area contributed by atoms with Crippen molar-refractivity contribution in [2.75, 3.05) is 17.5 Å². The van der Waals surface area contributed by atoms with Gasteiger partial charge in [0.25, 0.3) is 0 Å². The molecular formula is C21H26N2O3S. The molecule has 2 rings (SSSR count). The number of carbonyl (C=O) groups is 1. The average molecular weight is 387 g/mol. The van der Waals surface area contributed by atoms with Crippen molar-refractivity contribution in [3.63, 3.8) is 0 Å². The van der Waals surface area contributed by atoms with E-state index in [2.05, 4.69) is 10.0 Å². The average Bonchev–Trinajstić information content (AvgIpc) is 2.64. The molecule has 0 saturated heterocycles. The zero-order valence-corrected chi connectivity index (χ0v) is 16.6. The molecule has 0 heterocycles. The second kappa shape index (κ2) is 9.92. The number of nitrogens with one attached hydrogen (secondary N) is 2. The minimum absolute atomic E-state index is 0.0333. The molecule has 0 saturated carbocycles. The van der Waals surface area contributed by atoms with Crippen molar-refractivity contribution in [2.24, 2.45) is 0 Å². The largest absolute Gasteiger partial charge is 0.352 e. The van der Waals surface area contributed by atoms with Crippen molar-refractivity contribution in [3.05, 3.63) is 71.3 Å². The van der Waals surface area contributed by atoms with Gasteiger partial charge in [0.05, 0.1) is 6.26 Å². The van der Waals surface area contributed by atoms with Crippen molar-refractivity contribution in [1.29, 1.82) is 0 Å². The molecule has 1 amide bonds. The Morgan fingerprint density at radius 3 is 2.30 bits per heavy atom. The highest BCUT2D eigenvalue weighted by Gasteiger charge is 2.07. The summed E-state index contributed by atoms with van der Waals surface area (Å²) in [7, 11) is -3.26. The standard InChI is InChI=1S/C21H26N2O3S/c1-3-19(16-18-8-5-4-6-9-18)21(24)22-15-7-10-17-11-13-20(14-12-17)23-27(2,25)26/h4-6,8-9,11-14,16,23H,3,7,10,15H2,1-2H3,(H,22,24)/b19-16+. The van der Waals surface area contributed by atoms with Crippen LogP contribution in [0.4, 0.5) is 5.69 Å². The summed E-state index contributed by atoms with van der Waals surface area (Å²) in [6.45, 7) is 2.56. The number of hydrogen-bond donors (Lipinski definition) is 2. The predicted octanol–water partition coefficient (Wildman–Crippen LogP) is 3.60. The first-order chi connectivity index (χ1) is 12.9. The quantitative estimate of drug-likeness (QED) is 0.511. The van der Waals surface area contributed by atoms with Crippen LogP contribution < -0.4 is 10.0 Å². The van der Waals surface area contributed by atoms with Gasteiger partial charge in [0.2, 0.25) is 15.9 Å². The van der Waals surface area contributed by atoms with Gasteiger partial charge in [-0.25, -0.2) is 8.42 Å². The molecule has 0 aromatic heterocycles. The van der Waals surface area contributed by atoms with Crippen LogP contribution in [-0.2, 0) is 21.2 Å². The molecule has 0 unspecified atom stereocenters. The van der Waals surface area contributed by atoms with E-state index in [1.807, 2.05) is 55.5 Å². The molecule has 144 valence electrons. The molecule has 6 heteroatoms. The molecule has 2 aromatic carbocycles. The fourth-order valence-corrected chi connectivity index (χ4v) is 3.20. The van der Waals surface area contributed by atoms with E-state index < -0.39 is 10.0 Å². The molecule has 2 N–H and O–H groups in total. The van der Waals surface area contributed by atoms with Crippen LogP contribution >= 0.6 is 0 Å². The second-order valence-corrected chi connectivity index (χ2v) is 8.11. The monoisotopic (exact) mass is 386 g/mol. The topological polar surface area (TPSA) is 75.3 Å². The Morgan fingerprint density at radius 2 is 1.70 bits per heavy atom. The lowest BCUT2D eigenvalue weighted by atomic mass is 10.1. The molecule has 0 aliphatic heterocycles. The van der Waals surface area contributed by atoms with Gasteiger partial charge in [-0.3, -0.25) is 9.52 Å². The van der Waals surface area contributed by atoms with Crippen molar-refractivity contribution in [1.82, 2.24) is 5.32 Å². The summed E-state index contributed by atoms with van der Waals surface area (Å²) in [5.74, 6) is -0.0333. The van der Waals surface area contributed by atoms with E-state index in [0.29, 0.717) is 18.7 Å². The number of amides is 1. The summed E-state index contributed by atoms with van der Waals surface area (Å²) in [4.78, 5) is 12.3.